The van der Waals surface area contributed by atoms with Crippen molar-refractivity contribution in [3.05, 3.63) is 54.1 Å². The molecule has 1 N–H and O–H groups in total. The second-order valence-electron chi connectivity index (χ2n) is 5.82. The number of ether oxygens (including phenoxy) is 1. The van der Waals surface area contributed by atoms with E-state index in [9.17, 15) is 13.2 Å². The van der Waals surface area contributed by atoms with E-state index in [1.807, 2.05) is 43.5 Å². The van der Waals surface area contributed by atoms with Crippen LogP contribution in [0.5, 0.6) is 5.75 Å². The van der Waals surface area contributed by atoms with Crippen LogP contribution in [-0.2, 0) is 21.4 Å². The Labute approximate surface area is 165 Å². The number of anilines is 1. The van der Waals surface area contributed by atoms with Crippen molar-refractivity contribution in [2.45, 2.75) is 18.4 Å². The summed E-state index contributed by atoms with van der Waals surface area (Å²) >= 11 is 1.51. The fraction of sp³-hybridized carbons (Fsp3) is 0.316. The molecule has 27 heavy (non-hydrogen) atoms. The second kappa shape index (κ2) is 9.66. The lowest BCUT2D eigenvalue weighted by atomic mass is 10.2. The Hall–Kier alpha value is -2.19. The third-order valence-corrected chi connectivity index (χ3v) is 5.62. The largest absolute Gasteiger partial charge is 0.494 e. The van der Waals surface area contributed by atoms with Gasteiger partial charge in [0, 0.05) is 11.4 Å². The predicted octanol–water partition coefficient (Wildman–Crippen LogP) is 2.89. The normalized spacial score (nSPS) is 11.1. The molecular weight excluding hydrogens is 384 g/mol. The van der Waals surface area contributed by atoms with Gasteiger partial charge < -0.3 is 10.1 Å². The molecule has 2 aromatic rings. The van der Waals surface area contributed by atoms with Crippen molar-refractivity contribution in [3.8, 4) is 5.75 Å². The van der Waals surface area contributed by atoms with Crippen LogP contribution >= 0.6 is 11.8 Å². The van der Waals surface area contributed by atoms with Gasteiger partial charge in [-0.25, -0.2) is 8.42 Å². The van der Waals surface area contributed by atoms with Crippen molar-refractivity contribution in [1.29, 1.82) is 0 Å². The first-order valence-electron chi connectivity index (χ1n) is 8.43. The second-order valence-corrected chi connectivity index (χ2v) is 8.61. The first kappa shape index (κ1) is 21.1. The third-order valence-electron chi connectivity index (χ3n) is 3.75. The zero-order valence-corrected chi connectivity index (χ0v) is 17.3. The highest BCUT2D eigenvalue weighted by Crippen LogP contribution is 2.23. The minimum absolute atomic E-state index is 0.270. The molecule has 0 heterocycles. The van der Waals surface area contributed by atoms with Gasteiger partial charge in [0.15, 0.2) is 0 Å². The molecule has 0 saturated heterocycles. The van der Waals surface area contributed by atoms with E-state index in [1.54, 1.807) is 18.2 Å². The SMILES string of the molecule is CCOc1ccc(CNC(=O)CN(c2cccc(SC)c2)S(C)(=O)=O)cc1. The summed E-state index contributed by atoms with van der Waals surface area (Å²) < 4.78 is 30.8. The van der Waals surface area contributed by atoms with Gasteiger partial charge in [-0.2, -0.15) is 0 Å². The number of nitrogens with one attached hydrogen (secondary N) is 1. The summed E-state index contributed by atoms with van der Waals surface area (Å²) in [5.74, 6) is 0.397. The zero-order chi connectivity index (χ0) is 19.9. The number of nitrogens with zero attached hydrogens (tertiary/aromatic N) is 1. The number of sulfonamides is 1. The molecule has 0 aliphatic carbocycles. The Balaban J connectivity index is 2.03. The third kappa shape index (κ3) is 6.48. The highest BCUT2D eigenvalue weighted by molar-refractivity contribution is 7.98. The van der Waals surface area contributed by atoms with Gasteiger partial charge in [-0.3, -0.25) is 9.10 Å². The molecule has 8 heteroatoms. The van der Waals surface area contributed by atoms with Crippen LogP contribution in [0.1, 0.15) is 12.5 Å². The first-order valence-corrected chi connectivity index (χ1v) is 11.5. The van der Waals surface area contributed by atoms with Gasteiger partial charge in [-0.1, -0.05) is 18.2 Å². The molecule has 0 fully saturated rings. The zero-order valence-electron chi connectivity index (χ0n) is 15.6. The van der Waals surface area contributed by atoms with Gasteiger partial charge in [-0.05, 0) is 49.1 Å². The molecular formula is C19H24N2O4S2. The molecule has 0 radical (unpaired) electrons. The Kier molecular flexibility index (Phi) is 7.55. The molecule has 0 aliphatic rings. The quantitative estimate of drug-likeness (QED) is 0.646. The summed E-state index contributed by atoms with van der Waals surface area (Å²) in [5, 5.41) is 2.76. The van der Waals surface area contributed by atoms with Gasteiger partial charge in [0.05, 0.1) is 18.6 Å². The van der Waals surface area contributed by atoms with Gasteiger partial charge in [0.25, 0.3) is 0 Å². The minimum atomic E-state index is -3.59. The van der Waals surface area contributed by atoms with E-state index in [-0.39, 0.29) is 12.5 Å². The Bertz CT molecular complexity index is 868. The molecule has 0 saturated carbocycles. The molecule has 0 bridgehead atoms. The van der Waals surface area contributed by atoms with E-state index in [4.69, 9.17) is 4.74 Å². The average molecular weight is 409 g/mol. The summed E-state index contributed by atoms with van der Waals surface area (Å²) in [6.07, 6.45) is 3.01. The van der Waals surface area contributed by atoms with Crippen LogP contribution in [0.3, 0.4) is 0 Å². The smallest absolute Gasteiger partial charge is 0.241 e. The lowest BCUT2D eigenvalue weighted by Crippen LogP contribution is -2.40. The Morgan fingerprint density at radius 2 is 1.89 bits per heavy atom. The van der Waals surface area contributed by atoms with Crippen LogP contribution in [0.15, 0.2) is 53.4 Å². The van der Waals surface area contributed by atoms with E-state index >= 15 is 0 Å². The standard InChI is InChI=1S/C19H24N2O4S2/c1-4-25-17-10-8-15(9-11-17)13-20-19(22)14-21(27(3,23)24)16-6-5-7-18(12-16)26-2/h5-12H,4,13-14H2,1-3H3,(H,20,22). The van der Waals surface area contributed by atoms with E-state index in [0.717, 1.165) is 26.8 Å². The highest BCUT2D eigenvalue weighted by Gasteiger charge is 2.21. The molecule has 0 unspecified atom stereocenters. The van der Waals surface area contributed by atoms with Crippen LogP contribution in [0.25, 0.3) is 0 Å². The number of hydrogen-bond acceptors (Lipinski definition) is 5. The number of rotatable bonds is 9. The molecule has 0 spiro atoms. The van der Waals surface area contributed by atoms with Crippen molar-refractivity contribution < 1.29 is 17.9 Å². The fourth-order valence-electron chi connectivity index (χ4n) is 2.42. The van der Waals surface area contributed by atoms with Crippen LogP contribution in [-0.4, -0.2) is 40.0 Å². The number of carbonyl (C=O) groups is 1. The summed E-state index contributed by atoms with van der Waals surface area (Å²) in [5.41, 5.74) is 1.38. The lowest BCUT2D eigenvalue weighted by Gasteiger charge is -2.22. The maximum absolute atomic E-state index is 12.3. The first-order chi connectivity index (χ1) is 12.8. The predicted molar refractivity (Wildman–Crippen MR) is 110 cm³/mol. The number of thioether (sulfide) groups is 1. The van der Waals surface area contributed by atoms with Crippen molar-refractivity contribution in [1.82, 2.24) is 5.32 Å². The topological polar surface area (TPSA) is 75.7 Å². The van der Waals surface area contributed by atoms with E-state index < -0.39 is 10.0 Å². The van der Waals surface area contributed by atoms with Crippen molar-refractivity contribution in [3.63, 3.8) is 0 Å². The Morgan fingerprint density at radius 3 is 2.48 bits per heavy atom. The molecule has 0 aromatic heterocycles. The van der Waals surface area contributed by atoms with Gasteiger partial charge >= 0.3 is 0 Å². The molecule has 0 aliphatic heterocycles. The van der Waals surface area contributed by atoms with Crippen LogP contribution < -0.4 is 14.4 Å². The maximum atomic E-state index is 12.3. The Morgan fingerprint density at radius 1 is 1.19 bits per heavy atom. The minimum Gasteiger partial charge on any atom is -0.494 e. The molecule has 0 atom stereocenters. The number of benzene rings is 2. The molecule has 6 nitrogen and oxygen atoms in total. The van der Waals surface area contributed by atoms with Crippen molar-refractivity contribution >= 4 is 33.4 Å². The van der Waals surface area contributed by atoms with Gasteiger partial charge in [0.1, 0.15) is 12.3 Å². The van der Waals surface area contributed by atoms with Crippen molar-refractivity contribution in [2.75, 3.05) is 30.0 Å². The van der Waals surface area contributed by atoms with Crippen LogP contribution in [0.4, 0.5) is 5.69 Å². The van der Waals surface area contributed by atoms with E-state index in [2.05, 4.69) is 5.32 Å². The summed E-state index contributed by atoms with van der Waals surface area (Å²) in [7, 11) is -3.59. The number of carbonyl (C=O) groups excluding carboxylic acids is 1. The van der Waals surface area contributed by atoms with Crippen molar-refractivity contribution in [2.24, 2.45) is 0 Å². The molecule has 146 valence electrons. The highest BCUT2D eigenvalue weighted by atomic mass is 32.2. The summed E-state index contributed by atoms with van der Waals surface area (Å²) in [4.78, 5) is 13.3. The van der Waals surface area contributed by atoms with Gasteiger partial charge in [0.2, 0.25) is 15.9 Å². The summed E-state index contributed by atoms with van der Waals surface area (Å²) in [6, 6.07) is 14.5. The molecule has 2 aromatic carbocycles. The lowest BCUT2D eigenvalue weighted by molar-refractivity contribution is -0.119. The van der Waals surface area contributed by atoms with E-state index in [0.29, 0.717) is 18.8 Å². The van der Waals surface area contributed by atoms with E-state index in [1.165, 1.54) is 11.8 Å². The van der Waals surface area contributed by atoms with Crippen LogP contribution in [0, 0.1) is 0 Å². The monoisotopic (exact) mass is 408 g/mol. The molecule has 2 rings (SSSR count). The molecule has 1 amide bonds. The van der Waals surface area contributed by atoms with Crippen LogP contribution in [0.2, 0.25) is 0 Å². The number of hydrogen-bond donors (Lipinski definition) is 1. The maximum Gasteiger partial charge on any atom is 0.241 e. The number of amides is 1. The average Bonchev–Trinajstić information content (AvgIpc) is 2.65. The fourth-order valence-corrected chi connectivity index (χ4v) is 3.72. The van der Waals surface area contributed by atoms with Gasteiger partial charge in [-0.15, -0.1) is 11.8 Å². The summed E-state index contributed by atoms with van der Waals surface area (Å²) in [6.45, 7) is 2.55.